The number of carbonyl (C=O) groups excluding carboxylic acids is 1. The Morgan fingerprint density at radius 2 is 1.76 bits per heavy atom. The van der Waals surface area contributed by atoms with Crippen LogP contribution in [0.1, 0.15) is 61.4 Å². The van der Waals surface area contributed by atoms with Gasteiger partial charge in [0.05, 0.1) is 23.5 Å². The van der Waals surface area contributed by atoms with Crippen molar-refractivity contribution < 1.29 is 26.4 Å². The summed E-state index contributed by atoms with van der Waals surface area (Å²) < 4.78 is 65.2. The van der Waals surface area contributed by atoms with Gasteiger partial charge in [0, 0.05) is 0 Å². The van der Waals surface area contributed by atoms with E-state index in [1.54, 1.807) is 0 Å². The second-order valence-corrected chi connectivity index (χ2v) is 10.3. The largest absolute Gasteiger partial charge is 0.416 e. The number of fused-ring (bicyclic) bond motifs is 1. The van der Waals surface area contributed by atoms with E-state index < -0.39 is 33.7 Å². The number of nitrogens with one attached hydrogen (secondary N) is 1. The summed E-state index contributed by atoms with van der Waals surface area (Å²) in [5, 5.41) is 2.89. The summed E-state index contributed by atoms with van der Waals surface area (Å²) in [4.78, 5) is 13.1. The standard InChI is InChI=1S/C24H29F3N2O3S/c1-4-22(19-13-12-17-8-5-6-9-18(17)14-19)28-23(30)16(2)29(33(3,31)32)21-11-7-10-20(15-21)24(25,26)27/h7,10-16,22H,4-6,8-9H2,1-3H3,(H,28,30)/t16-,22-/m0/s1. The third kappa shape index (κ3) is 5.88. The van der Waals surface area contributed by atoms with Gasteiger partial charge in [-0.05, 0) is 73.9 Å². The van der Waals surface area contributed by atoms with Crippen molar-refractivity contribution in [1.82, 2.24) is 5.32 Å². The topological polar surface area (TPSA) is 66.5 Å². The molecule has 1 aliphatic rings. The van der Waals surface area contributed by atoms with Gasteiger partial charge in [0.1, 0.15) is 6.04 Å². The molecule has 0 aromatic heterocycles. The molecule has 2 aromatic carbocycles. The van der Waals surface area contributed by atoms with Gasteiger partial charge in [-0.3, -0.25) is 9.10 Å². The van der Waals surface area contributed by atoms with Crippen molar-refractivity contribution in [3.63, 3.8) is 0 Å². The second kappa shape index (κ2) is 9.75. The number of rotatable bonds is 7. The first-order valence-corrected chi connectivity index (χ1v) is 12.9. The fourth-order valence-corrected chi connectivity index (χ4v) is 5.48. The van der Waals surface area contributed by atoms with E-state index in [-0.39, 0.29) is 11.7 Å². The maximum absolute atomic E-state index is 13.2. The van der Waals surface area contributed by atoms with E-state index in [1.807, 2.05) is 13.0 Å². The number of alkyl halides is 3. The number of anilines is 1. The van der Waals surface area contributed by atoms with Gasteiger partial charge in [-0.25, -0.2) is 8.42 Å². The van der Waals surface area contributed by atoms with Gasteiger partial charge in [0.2, 0.25) is 15.9 Å². The highest BCUT2D eigenvalue weighted by Gasteiger charge is 2.34. The Kier molecular flexibility index (Phi) is 7.41. The molecular weight excluding hydrogens is 453 g/mol. The highest BCUT2D eigenvalue weighted by molar-refractivity contribution is 7.92. The molecule has 180 valence electrons. The van der Waals surface area contributed by atoms with Gasteiger partial charge in [0.25, 0.3) is 0 Å². The molecule has 0 spiro atoms. The first-order chi connectivity index (χ1) is 15.4. The van der Waals surface area contributed by atoms with Gasteiger partial charge < -0.3 is 5.32 Å². The zero-order valence-corrected chi connectivity index (χ0v) is 19.8. The molecule has 3 rings (SSSR count). The van der Waals surface area contributed by atoms with Gasteiger partial charge in [-0.2, -0.15) is 13.2 Å². The summed E-state index contributed by atoms with van der Waals surface area (Å²) in [7, 11) is -4.04. The summed E-state index contributed by atoms with van der Waals surface area (Å²) in [6, 6.07) is 8.55. The molecule has 0 fully saturated rings. The van der Waals surface area contributed by atoms with Crippen LogP contribution < -0.4 is 9.62 Å². The first kappa shape index (κ1) is 25.1. The average Bonchev–Trinajstić information content (AvgIpc) is 2.75. The molecule has 0 unspecified atom stereocenters. The lowest BCUT2D eigenvalue weighted by atomic mass is 9.88. The normalized spacial score (nSPS) is 15.9. The second-order valence-electron chi connectivity index (χ2n) is 8.49. The van der Waals surface area contributed by atoms with Crippen molar-refractivity contribution in [2.45, 2.75) is 64.2 Å². The number of carbonyl (C=O) groups is 1. The highest BCUT2D eigenvalue weighted by atomic mass is 32.2. The highest BCUT2D eigenvalue weighted by Crippen LogP contribution is 2.33. The number of nitrogens with zero attached hydrogens (tertiary/aromatic N) is 1. The Bertz CT molecular complexity index is 1120. The molecule has 0 aliphatic heterocycles. The minimum Gasteiger partial charge on any atom is -0.347 e. The lowest BCUT2D eigenvalue weighted by Crippen LogP contribution is -2.48. The Labute approximate surface area is 193 Å². The van der Waals surface area contributed by atoms with Crippen LogP contribution in [0.2, 0.25) is 0 Å². The van der Waals surface area contributed by atoms with E-state index in [0.29, 0.717) is 6.42 Å². The van der Waals surface area contributed by atoms with Crippen LogP contribution in [0.5, 0.6) is 0 Å². The molecule has 1 N–H and O–H groups in total. The van der Waals surface area contributed by atoms with Crippen LogP contribution >= 0.6 is 0 Å². The van der Waals surface area contributed by atoms with Crippen LogP contribution in [0, 0.1) is 0 Å². The van der Waals surface area contributed by atoms with E-state index in [4.69, 9.17) is 0 Å². The van der Waals surface area contributed by atoms with Crippen molar-refractivity contribution in [3.8, 4) is 0 Å². The predicted octanol–water partition coefficient (Wildman–Crippen LogP) is 5.01. The van der Waals surface area contributed by atoms with Crippen molar-refractivity contribution in [2.75, 3.05) is 10.6 Å². The van der Waals surface area contributed by atoms with Crippen LogP contribution in [0.4, 0.5) is 18.9 Å². The van der Waals surface area contributed by atoms with Crippen molar-refractivity contribution >= 4 is 21.6 Å². The fourth-order valence-electron chi connectivity index (χ4n) is 4.31. The van der Waals surface area contributed by atoms with Crippen LogP contribution in [0.25, 0.3) is 0 Å². The summed E-state index contributed by atoms with van der Waals surface area (Å²) in [5.41, 5.74) is 2.32. The maximum Gasteiger partial charge on any atom is 0.416 e. The van der Waals surface area contributed by atoms with Gasteiger partial charge in [0.15, 0.2) is 0 Å². The third-order valence-electron chi connectivity index (χ3n) is 6.02. The number of amides is 1. The lowest BCUT2D eigenvalue weighted by Gasteiger charge is -2.30. The Hall–Kier alpha value is -2.55. The van der Waals surface area contributed by atoms with Gasteiger partial charge in [-0.1, -0.05) is 31.2 Å². The molecule has 0 bridgehead atoms. The van der Waals surface area contributed by atoms with Crippen LogP contribution in [-0.2, 0) is 33.8 Å². The number of hydrogen-bond donors (Lipinski definition) is 1. The number of hydrogen-bond acceptors (Lipinski definition) is 3. The Morgan fingerprint density at radius 3 is 2.36 bits per heavy atom. The van der Waals surface area contributed by atoms with Crippen molar-refractivity contribution in [2.24, 2.45) is 0 Å². The summed E-state index contributed by atoms with van der Waals surface area (Å²) in [5.74, 6) is -0.581. The zero-order valence-electron chi connectivity index (χ0n) is 18.9. The van der Waals surface area contributed by atoms with Crippen molar-refractivity contribution in [3.05, 3.63) is 64.7 Å². The smallest absolute Gasteiger partial charge is 0.347 e. The van der Waals surface area contributed by atoms with E-state index >= 15 is 0 Å². The molecule has 0 saturated heterocycles. The summed E-state index contributed by atoms with van der Waals surface area (Å²) >= 11 is 0. The molecule has 1 amide bonds. The molecule has 1 aliphatic carbocycles. The average molecular weight is 483 g/mol. The molecule has 0 radical (unpaired) electrons. The first-order valence-electron chi connectivity index (χ1n) is 11.0. The minimum atomic E-state index is -4.63. The molecule has 33 heavy (non-hydrogen) atoms. The van der Waals surface area contributed by atoms with Gasteiger partial charge in [-0.15, -0.1) is 0 Å². The Morgan fingerprint density at radius 1 is 1.09 bits per heavy atom. The SMILES string of the molecule is CC[C@H](NC(=O)[C@H](C)N(c1cccc(C(F)(F)F)c1)S(C)(=O)=O)c1ccc2c(c1)CCCC2. The lowest BCUT2D eigenvalue weighted by molar-refractivity contribution is -0.137. The number of halogens is 3. The zero-order chi connectivity index (χ0) is 24.4. The monoisotopic (exact) mass is 482 g/mol. The van der Waals surface area contributed by atoms with Crippen LogP contribution in [-0.4, -0.2) is 26.6 Å². The number of aryl methyl sites for hydroxylation is 2. The predicted molar refractivity (Wildman–Crippen MR) is 122 cm³/mol. The van der Waals surface area contributed by atoms with Gasteiger partial charge >= 0.3 is 6.18 Å². The number of sulfonamides is 1. The van der Waals surface area contributed by atoms with E-state index in [1.165, 1.54) is 24.1 Å². The third-order valence-corrected chi connectivity index (χ3v) is 7.26. The molecule has 2 aromatic rings. The Balaban J connectivity index is 1.86. The fraction of sp³-hybridized carbons (Fsp3) is 0.458. The van der Waals surface area contributed by atoms with E-state index in [2.05, 4.69) is 17.4 Å². The van der Waals surface area contributed by atoms with Crippen molar-refractivity contribution in [1.29, 1.82) is 0 Å². The summed E-state index contributed by atoms with van der Waals surface area (Å²) in [6.45, 7) is 3.28. The minimum absolute atomic E-state index is 0.211. The summed E-state index contributed by atoms with van der Waals surface area (Å²) in [6.07, 6.45) is 1.13. The molecule has 5 nitrogen and oxygen atoms in total. The van der Waals surface area contributed by atoms with E-state index in [9.17, 15) is 26.4 Å². The number of benzene rings is 2. The molecular formula is C24H29F3N2O3S. The molecule has 0 saturated carbocycles. The van der Waals surface area contributed by atoms with Crippen LogP contribution in [0.3, 0.4) is 0 Å². The van der Waals surface area contributed by atoms with E-state index in [0.717, 1.165) is 60.0 Å². The molecule has 9 heteroatoms. The molecule has 2 atom stereocenters. The molecule has 0 heterocycles. The van der Waals surface area contributed by atoms with Crippen LogP contribution in [0.15, 0.2) is 42.5 Å². The maximum atomic E-state index is 13.2. The quantitative estimate of drug-likeness (QED) is 0.604.